The first kappa shape index (κ1) is 22.7. The van der Waals surface area contributed by atoms with Gasteiger partial charge in [0.05, 0.1) is 11.3 Å². The zero-order chi connectivity index (χ0) is 22.2. The summed E-state index contributed by atoms with van der Waals surface area (Å²) in [4.78, 5) is 22.7. The van der Waals surface area contributed by atoms with E-state index >= 15 is 0 Å². The quantitative estimate of drug-likeness (QED) is 0.410. The maximum absolute atomic E-state index is 12.1. The van der Waals surface area contributed by atoms with Gasteiger partial charge in [0.25, 0.3) is 0 Å². The molecule has 5 nitrogen and oxygen atoms in total. The van der Waals surface area contributed by atoms with Crippen molar-refractivity contribution >= 4 is 28.7 Å². The lowest BCUT2D eigenvalue weighted by atomic mass is 10.1. The number of allylic oxidation sites excluding steroid dienone is 1. The number of rotatable bonds is 10. The van der Waals surface area contributed by atoms with Crippen LogP contribution >= 0.6 is 11.3 Å². The van der Waals surface area contributed by atoms with Crippen LogP contribution in [-0.4, -0.2) is 22.4 Å². The standard InChI is InChI=1S/C25H30N4OS/c1-5-8-20-21(6-2)28-25(22-9-7-14-31-22)29-24(20)27-19-12-10-18(11-13-19)15-23(30)26-16-17(3)4/h5,7,9-14,17H,1,6,8,15-16H2,2-4H3,(H,26,30)(H,27,28,29). The number of aromatic nitrogens is 2. The summed E-state index contributed by atoms with van der Waals surface area (Å²) in [6, 6.07) is 12.0. The Kier molecular flexibility index (Phi) is 7.95. The minimum Gasteiger partial charge on any atom is -0.356 e. The lowest BCUT2D eigenvalue weighted by Gasteiger charge is -2.15. The zero-order valence-electron chi connectivity index (χ0n) is 18.4. The van der Waals surface area contributed by atoms with Crippen LogP contribution in [0.3, 0.4) is 0 Å². The summed E-state index contributed by atoms with van der Waals surface area (Å²) in [5.74, 6) is 2.03. The molecule has 0 atom stereocenters. The van der Waals surface area contributed by atoms with E-state index in [0.717, 1.165) is 45.4 Å². The van der Waals surface area contributed by atoms with Crippen LogP contribution in [0, 0.1) is 5.92 Å². The lowest BCUT2D eigenvalue weighted by Crippen LogP contribution is -2.28. The number of nitrogens with one attached hydrogen (secondary N) is 2. The highest BCUT2D eigenvalue weighted by Crippen LogP contribution is 2.28. The molecule has 0 saturated carbocycles. The van der Waals surface area contributed by atoms with Gasteiger partial charge in [-0.3, -0.25) is 4.79 Å². The topological polar surface area (TPSA) is 66.9 Å². The van der Waals surface area contributed by atoms with Gasteiger partial charge in [-0.05, 0) is 47.9 Å². The number of thiophene rings is 1. The first-order valence-corrected chi connectivity index (χ1v) is 11.5. The van der Waals surface area contributed by atoms with Gasteiger partial charge in [-0.2, -0.15) is 0 Å². The van der Waals surface area contributed by atoms with E-state index in [9.17, 15) is 4.79 Å². The van der Waals surface area contributed by atoms with Crippen LogP contribution in [0.5, 0.6) is 0 Å². The molecule has 0 aliphatic rings. The molecule has 6 heteroatoms. The van der Waals surface area contributed by atoms with Crippen LogP contribution < -0.4 is 10.6 Å². The number of anilines is 2. The van der Waals surface area contributed by atoms with Gasteiger partial charge in [-0.1, -0.05) is 45.0 Å². The van der Waals surface area contributed by atoms with Crippen LogP contribution in [-0.2, 0) is 24.1 Å². The summed E-state index contributed by atoms with van der Waals surface area (Å²) >= 11 is 1.63. The number of hydrogen-bond donors (Lipinski definition) is 2. The largest absolute Gasteiger partial charge is 0.356 e. The summed E-state index contributed by atoms with van der Waals surface area (Å²) in [7, 11) is 0. The number of amides is 1. The average molecular weight is 435 g/mol. The Morgan fingerprint density at radius 2 is 1.97 bits per heavy atom. The second-order valence-electron chi connectivity index (χ2n) is 7.84. The molecule has 3 aromatic rings. The molecule has 0 aliphatic carbocycles. The van der Waals surface area contributed by atoms with Gasteiger partial charge in [0.2, 0.25) is 5.91 Å². The van der Waals surface area contributed by atoms with Crippen molar-refractivity contribution < 1.29 is 4.79 Å². The zero-order valence-corrected chi connectivity index (χ0v) is 19.3. The Morgan fingerprint density at radius 3 is 2.58 bits per heavy atom. The van der Waals surface area contributed by atoms with Crippen LogP contribution in [0.4, 0.5) is 11.5 Å². The van der Waals surface area contributed by atoms with Crippen molar-refractivity contribution in [3.8, 4) is 10.7 Å². The van der Waals surface area contributed by atoms with Crippen molar-refractivity contribution in [3.05, 3.63) is 71.3 Å². The highest BCUT2D eigenvalue weighted by atomic mass is 32.1. The van der Waals surface area contributed by atoms with Crippen molar-refractivity contribution in [1.82, 2.24) is 15.3 Å². The molecule has 2 aromatic heterocycles. The van der Waals surface area contributed by atoms with Gasteiger partial charge in [0, 0.05) is 23.5 Å². The van der Waals surface area contributed by atoms with Crippen molar-refractivity contribution in [2.45, 2.75) is 40.0 Å². The van der Waals surface area contributed by atoms with Crippen LogP contribution in [0.2, 0.25) is 0 Å². The molecule has 2 heterocycles. The number of aryl methyl sites for hydroxylation is 1. The second kappa shape index (κ2) is 10.9. The van der Waals surface area contributed by atoms with Gasteiger partial charge >= 0.3 is 0 Å². The fourth-order valence-electron chi connectivity index (χ4n) is 3.21. The minimum absolute atomic E-state index is 0.0478. The Balaban J connectivity index is 1.81. The predicted octanol–water partition coefficient (Wildman–Crippen LogP) is 5.55. The number of carbonyl (C=O) groups excluding carboxylic acids is 1. The number of nitrogens with zero attached hydrogens (tertiary/aromatic N) is 2. The smallest absolute Gasteiger partial charge is 0.224 e. The fraction of sp³-hybridized carbons (Fsp3) is 0.320. The first-order chi connectivity index (χ1) is 15.0. The summed E-state index contributed by atoms with van der Waals surface area (Å²) in [5, 5.41) is 8.45. The minimum atomic E-state index is 0.0478. The Bertz CT molecular complexity index is 1010. The van der Waals surface area contributed by atoms with E-state index < -0.39 is 0 Å². The third-order valence-corrected chi connectivity index (χ3v) is 5.67. The van der Waals surface area contributed by atoms with E-state index in [4.69, 9.17) is 9.97 Å². The molecule has 0 unspecified atom stereocenters. The molecule has 0 spiro atoms. The Morgan fingerprint density at radius 1 is 1.19 bits per heavy atom. The van der Waals surface area contributed by atoms with Gasteiger partial charge < -0.3 is 10.6 Å². The van der Waals surface area contributed by atoms with E-state index in [-0.39, 0.29) is 5.91 Å². The third kappa shape index (κ3) is 6.25. The van der Waals surface area contributed by atoms with Gasteiger partial charge in [0.15, 0.2) is 5.82 Å². The van der Waals surface area contributed by atoms with Gasteiger partial charge in [0.1, 0.15) is 5.82 Å². The van der Waals surface area contributed by atoms with Crippen LogP contribution in [0.25, 0.3) is 10.7 Å². The van der Waals surface area contributed by atoms with E-state index in [1.54, 1.807) is 11.3 Å². The van der Waals surface area contributed by atoms with Crippen LogP contribution in [0.15, 0.2) is 54.4 Å². The summed E-state index contributed by atoms with van der Waals surface area (Å²) in [6.45, 7) is 10.9. The molecule has 1 aromatic carbocycles. The van der Waals surface area contributed by atoms with Gasteiger partial charge in [-0.15, -0.1) is 17.9 Å². The highest BCUT2D eigenvalue weighted by molar-refractivity contribution is 7.13. The van der Waals surface area contributed by atoms with Crippen molar-refractivity contribution in [2.75, 3.05) is 11.9 Å². The third-order valence-electron chi connectivity index (χ3n) is 4.81. The number of hydrogen-bond acceptors (Lipinski definition) is 5. The maximum atomic E-state index is 12.1. The summed E-state index contributed by atoms with van der Waals surface area (Å²) in [5.41, 5.74) is 4.00. The second-order valence-corrected chi connectivity index (χ2v) is 8.79. The van der Waals surface area contributed by atoms with Crippen molar-refractivity contribution in [3.63, 3.8) is 0 Å². The molecule has 31 heavy (non-hydrogen) atoms. The van der Waals surface area contributed by atoms with Gasteiger partial charge in [-0.25, -0.2) is 9.97 Å². The summed E-state index contributed by atoms with van der Waals surface area (Å²) < 4.78 is 0. The average Bonchev–Trinajstić information content (AvgIpc) is 3.30. The number of carbonyl (C=O) groups is 1. The first-order valence-electron chi connectivity index (χ1n) is 10.7. The maximum Gasteiger partial charge on any atom is 0.224 e. The molecule has 0 bridgehead atoms. The fourth-order valence-corrected chi connectivity index (χ4v) is 3.87. The number of benzene rings is 1. The molecule has 2 N–H and O–H groups in total. The summed E-state index contributed by atoms with van der Waals surface area (Å²) in [6.07, 6.45) is 3.78. The monoisotopic (exact) mass is 434 g/mol. The SMILES string of the molecule is C=CCc1c(CC)nc(-c2cccs2)nc1Nc1ccc(CC(=O)NCC(C)C)cc1. The molecule has 0 radical (unpaired) electrons. The molecular formula is C25H30N4OS. The molecule has 1 amide bonds. The van der Waals surface area contributed by atoms with Crippen molar-refractivity contribution in [2.24, 2.45) is 5.92 Å². The van der Waals surface area contributed by atoms with E-state index in [1.807, 2.05) is 47.9 Å². The molecule has 0 fully saturated rings. The molecule has 0 aliphatic heterocycles. The normalized spacial score (nSPS) is 10.8. The Labute approximate surface area is 188 Å². The predicted molar refractivity (Wildman–Crippen MR) is 130 cm³/mol. The molecular weight excluding hydrogens is 404 g/mol. The highest BCUT2D eigenvalue weighted by Gasteiger charge is 2.15. The van der Waals surface area contributed by atoms with E-state index in [0.29, 0.717) is 25.3 Å². The van der Waals surface area contributed by atoms with E-state index in [1.165, 1.54) is 0 Å². The molecule has 162 valence electrons. The Hall–Kier alpha value is -2.99. The van der Waals surface area contributed by atoms with Crippen LogP contribution in [0.1, 0.15) is 37.6 Å². The van der Waals surface area contributed by atoms with Crippen molar-refractivity contribution in [1.29, 1.82) is 0 Å². The lowest BCUT2D eigenvalue weighted by molar-refractivity contribution is -0.120. The molecule has 3 rings (SSSR count). The molecule has 0 saturated heterocycles. The van der Waals surface area contributed by atoms with E-state index in [2.05, 4.69) is 38.0 Å².